The molecule has 92 valence electrons. The molecule has 1 aromatic heterocycles. The van der Waals surface area contributed by atoms with E-state index in [-0.39, 0.29) is 18.5 Å². The molecule has 2 atom stereocenters. The van der Waals surface area contributed by atoms with Gasteiger partial charge in [-0.2, -0.15) is 0 Å². The maximum atomic E-state index is 9.59. The van der Waals surface area contributed by atoms with Crippen LogP contribution in [0.2, 0.25) is 0 Å². The summed E-state index contributed by atoms with van der Waals surface area (Å²) in [6.45, 7) is 5.60. The SMILES string of the molecule is Cc1ccc(CNCC2CNCC2O)s1.Cl. The molecule has 0 spiro atoms. The fraction of sp³-hybridized carbons (Fsp3) is 0.636. The Morgan fingerprint density at radius 2 is 2.31 bits per heavy atom. The molecule has 1 aliphatic rings. The lowest BCUT2D eigenvalue weighted by Crippen LogP contribution is -2.29. The molecule has 1 fully saturated rings. The topological polar surface area (TPSA) is 44.3 Å². The molecule has 2 heterocycles. The standard InChI is InChI=1S/C11H18N2OS.ClH/c1-8-2-3-10(15-8)6-12-4-9-5-13-7-11(9)14;/h2-3,9,11-14H,4-7H2,1H3;1H. The van der Waals surface area contributed by atoms with Crippen LogP contribution < -0.4 is 10.6 Å². The van der Waals surface area contributed by atoms with E-state index in [4.69, 9.17) is 0 Å². The van der Waals surface area contributed by atoms with Gasteiger partial charge in [-0.1, -0.05) is 0 Å². The molecule has 3 N–H and O–H groups in total. The van der Waals surface area contributed by atoms with E-state index in [1.54, 1.807) is 0 Å². The molecule has 0 saturated carbocycles. The first-order valence-electron chi connectivity index (χ1n) is 5.40. The third kappa shape index (κ3) is 3.71. The van der Waals surface area contributed by atoms with Gasteiger partial charge in [0.15, 0.2) is 0 Å². The van der Waals surface area contributed by atoms with Crippen molar-refractivity contribution in [1.82, 2.24) is 10.6 Å². The molecule has 2 rings (SSSR count). The van der Waals surface area contributed by atoms with Crippen molar-refractivity contribution < 1.29 is 5.11 Å². The normalized spacial score (nSPS) is 24.4. The van der Waals surface area contributed by atoms with E-state index in [1.165, 1.54) is 9.75 Å². The number of β-amino-alcohol motifs (C(OH)–C–C–N with tert-alkyl or cyclic N) is 1. The van der Waals surface area contributed by atoms with Gasteiger partial charge in [0.1, 0.15) is 0 Å². The fourth-order valence-corrected chi connectivity index (χ4v) is 2.75. The number of halogens is 1. The van der Waals surface area contributed by atoms with Crippen molar-refractivity contribution in [3.8, 4) is 0 Å². The van der Waals surface area contributed by atoms with Crippen molar-refractivity contribution >= 4 is 23.7 Å². The summed E-state index contributed by atoms with van der Waals surface area (Å²) in [6, 6.07) is 4.31. The molecule has 5 heteroatoms. The number of hydrogen-bond acceptors (Lipinski definition) is 4. The number of aliphatic hydroxyl groups is 1. The minimum absolute atomic E-state index is 0. The van der Waals surface area contributed by atoms with Gasteiger partial charge in [-0.15, -0.1) is 23.7 Å². The van der Waals surface area contributed by atoms with Crippen LogP contribution >= 0.6 is 23.7 Å². The Labute approximate surface area is 107 Å². The molecular formula is C11H19ClN2OS. The summed E-state index contributed by atoms with van der Waals surface area (Å²) in [5, 5.41) is 16.2. The van der Waals surface area contributed by atoms with Gasteiger partial charge in [-0.05, 0) is 19.1 Å². The van der Waals surface area contributed by atoms with Gasteiger partial charge in [0.05, 0.1) is 6.10 Å². The molecule has 1 saturated heterocycles. The first-order valence-corrected chi connectivity index (χ1v) is 6.22. The second-order valence-corrected chi connectivity index (χ2v) is 5.50. The van der Waals surface area contributed by atoms with Gasteiger partial charge in [0.2, 0.25) is 0 Å². The summed E-state index contributed by atoms with van der Waals surface area (Å²) in [5.41, 5.74) is 0. The first kappa shape index (κ1) is 13.9. The predicted octanol–water partition coefficient (Wildman–Crippen LogP) is 1.15. The highest BCUT2D eigenvalue weighted by atomic mass is 35.5. The Balaban J connectivity index is 0.00000128. The van der Waals surface area contributed by atoms with Crippen LogP contribution in [0.5, 0.6) is 0 Å². The largest absolute Gasteiger partial charge is 0.391 e. The lowest BCUT2D eigenvalue weighted by Gasteiger charge is -2.13. The van der Waals surface area contributed by atoms with Gasteiger partial charge in [0, 0.05) is 41.9 Å². The molecule has 0 aliphatic carbocycles. The Kier molecular flexibility index (Phi) is 5.72. The second-order valence-electron chi connectivity index (χ2n) is 4.13. The van der Waals surface area contributed by atoms with Crippen LogP contribution in [0.25, 0.3) is 0 Å². The van der Waals surface area contributed by atoms with Gasteiger partial charge in [-0.3, -0.25) is 0 Å². The number of aliphatic hydroxyl groups excluding tert-OH is 1. The molecule has 2 unspecified atom stereocenters. The van der Waals surface area contributed by atoms with Crippen LogP contribution in [0.4, 0.5) is 0 Å². The highest BCUT2D eigenvalue weighted by molar-refractivity contribution is 7.11. The molecule has 1 aliphatic heterocycles. The smallest absolute Gasteiger partial charge is 0.0716 e. The van der Waals surface area contributed by atoms with Gasteiger partial charge in [-0.25, -0.2) is 0 Å². The Morgan fingerprint density at radius 3 is 2.88 bits per heavy atom. The summed E-state index contributed by atoms with van der Waals surface area (Å²) in [6.07, 6.45) is -0.178. The quantitative estimate of drug-likeness (QED) is 0.763. The van der Waals surface area contributed by atoms with Crippen LogP contribution in [0.15, 0.2) is 12.1 Å². The predicted molar refractivity (Wildman–Crippen MR) is 70.4 cm³/mol. The van der Waals surface area contributed by atoms with Crippen molar-refractivity contribution in [1.29, 1.82) is 0 Å². The molecule has 0 bridgehead atoms. The van der Waals surface area contributed by atoms with Crippen molar-refractivity contribution in [3.63, 3.8) is 0 Å². The van der Waals surface area contributed by atoms with E-state index >= 15 is 0 Å². The lowest BCUT2D eigenvalue weighted by atomic mass is 10.1. The molecule has 0 aromatic carbocycles. The van der Waals surface area contributed by atoms with Crippen molar-refractivity contribution in [2.45, 2.75) is 19.6 Å². The van der Waals surface area contributed by atoms with Crippen molar-refractivity contribution in [3.05, 3.63) is 21.9 Å². The maximum Gasteiger partial charge on any atom is 0.0716 e. The minimum Gasteiger partial charge on any atom is -0.391 e. The monoisotopic (exact) mass is 262 g/mol. The minimum atomic E-state index is -0.178. The maximum absolute atomic E-state index is 9.59. The van der Waals surface area contributed by atoms with E-state index in [9.17, 15) is 5.11 Å². The molecule has 16 heavy (non-hydrogen) atoms. The lowest BCUT2D eigenvalue weighted by molar-refractivity contribution is 0.146. The fourth-order valence-electron chi connectivity index (χ4n) is 1.89. The highest BCUT2D eigenvalue weighted by Crippen LogP contribution is 2.15. The summed E-state index contributed by atoms with van der Waals surface area (Å²) in [4.78, 5) is 2.72. The zero-order valence-electron chi connectivity index (χ0n) is 9.40. The van der Waals surface area contributed by atoms with Gasteiger partial charge < -0.3 is 15.7 Å². The van der Waals surface area contributed by atoms with E-state index in [0.717, 1.165) is 26.2 Å². The Morgan fingerprint density at radius 1 is 1.50 bits per heavy atom. The molecule has 0 radical (unpaired) electrons. The van der Waals surface area contributed by atoms with Crippen molar-refractivity contribution in [2.24, 2.45) is 5.92 Å². The number of hydrogen-bond donors (Lipinski definition) is 3. The number of nitrogens with one attached hydrogen (secondary N) is 2. The van der Waals surface area contributed by atoms with E-state index in [0.29, 0.717) is 5.92 Å². The first-order chi connectivity index (χ1) is 7.25. The third-order valence-corrected chi connectivity index (χ3v) is 3.81. The number of thiophene rings is 1. The molecule has 0 amide bonds. The molecule has 1 aromatic rings. The zero-order valence-corrected chi connectivity index (χ0v) is 11.0. The van der Waals surface area contributed by atoms with E-state index < -0.39 is 0 Å². The van der Waals surface area contributed by atoms with E-state index in [2.05, 4.69) is 29.7 Å². The van der Waals surface area contributed by atoms with Gasteiger partial charge in [0.25, 0.3) is 0 Å². The third-order valence-electron chi connectivity index (χ3n) is 2.81. The molecular weight excluding hydrogens is 244 g/mol. The van der Waals surface area contributed by atoms with Crippen LogP contribution in [0.3, 0.4) is 0 Å². The summed E-state index contributed by atoms with van der Waals surface area (Å²) >= 11 is 1.83. The average Bonchev–Trinajstić information content (AvgIpc) is 2.77. The second kappa shape index (κ2) is 6.57. The van der Waals surface area contributed by atoms with Crippen LogP contribution in [-0.2, 0) is 6.54 Å². The molecule has 3 nitrogen and oxygen atoms in total. The Bertz CT molecular complexity index is 319. The summed E-state index contributed by atoms with van der Waals surface area (Å²) in [7, 11) is 0. The number of aryl methyl sites for hydroxylation is 1. The Hall–Kier alpha value is -0.130. The highest BCUT2D eigenvalue weighted by Gasteiger charge is 2.23. The van der Waals surface area contributed by atoms with Crippen LogP contribution in [0, 0.1) is 12.8 Å². The number of rotatable bonds is 4. The van der Waals surface area contributed by atoms with E-state index in [1.807, 2.05) is 11.3 Å². The van der Waals surface area contributed by atoms with Crippen molar-refractivity contribution in [2.75, 3.05) is 19.6 Å². The average molecular weight is 263 g/mol. The summed E-state index contributed by atoms with van der Waals surface area (Å²) < 4.78 is 0. The summed E-state index contributed by atoms with van der Waals surface area (Å²) in [5.74, 6) is 0.367. The van der Waals surface area contributed by atoms with Gasteiger partial charge >= 0.3 is 0 Å². The van der Waals surface area contributed by atoms with Crippen LogP contribution in [-0.4, -0.2) is 30.8 Å². The van der Waals surface area contributed by atoms with Crippen LogP contribution in [0.1, 0.15) is 9.75 Å². The zero-order chi connectivity index (χ0) is 10.7.